The van der Waals surface area contributed by atoms with Crippen LogP contribution in [0.2, 0.25) is 0 Å². The maximum Gasteiger partial charge on any atom is 0.133 e. The molecule has 1 aromatic rings. The van der Waals surface area contributed by atoms with Gasteiger partial charge in [0.05, 0.1) is 0 Å². The van der Waals surface area contributed by atoms with E-state index < -0.39 is 0 Å². The van der Waals surface area contributed by atoms with Crippen molar-refractivity contribution in [3.8, 4) is 0 Å². The molecule has 0 aliphatic heterocycles. The number of hydrogen-bond acceptors (Lipinski definition) is 1. The van der Waals surface area contributed by atoms with Crippen LogP contribution in [-0.4, -0.2) is 5.78 Å². The van der Waals surface area contributed by atoms with E-state index in [4.69, 9.17) is 0 Å². The molecule has 1 fully saturated rings. The summed E-state index contributed by atoms with van der Waals surface area (Å²) in [6.45, 7) is 2.18. The number of aryl methyl sites for hydroxylation is 1. The predicted molar refractivity (Wildman–Crippen MR) is 55.4 cm³/mol. The summed E-state index contributed by atoms with van der Waals surface area (Å²) in [6.07, 6.45) is 2.75. The van der Waals surface area contributed by atoms with Crippen molar-refractivity contribution in [2.45, 2.75) is 32.1 Å². The number of fused-ring (bicyclic) bond motifs is 3. The van der Waals surface area contributed by atoms with Gasteiger partial charge in [0.2, 0.25) is 0 Å². The van der Waals surface area contributed by atoms with E-state index in [1.165, 1.54) is 16.7 Å². The molecule has 0 aromatic heterocycles. The highest BCUT2D eigenvalue weighted by Crippen LogP contribution is 2.47. The van der Waals surface area contributed by atoms with Gasteiger partial charge in [-0.05, 0) is 41.9 Å². The van der Waals surface area contributed by atoms with E-state index in [9.17, 15) is 4.79 Å². The smallest absolute Gasteiger partial charge is 0.133 e. The van der Waals surface area contributed by atoms with Crippen molar-refractivity contribution in [1.29, 1.82) is 0 Å². The van der Waals surface area contributed by atoms with E-state index in [1.54, 1.807) is 0 Å². The van der Waals surface area contributed by atoms with E-state index in [1.807, 2.05) is 0 Å². The maximum absolute atomic E-state index is 11.4. The van der Waals surface area contributed by atoms with Crippen LogP contribution in [0.15, 0.2) is 18.2 Å². The van der Waals surface area contributed by atoms with Crippen molar-refractivity contribution in [2.24, 2.45) is 5.92 Å². The molecule has 1 heteroatoms. The van der Waals surface area contributed by atoms with Crippen molar-refractivity contribution in [3.63, 3.8) is 0 Å². The van der Waals surface area contributed by atoms with Crippen LogP contribution in [0.25, 0.3) is 0 Å². The fraction of sp³-hybridized carbons (Fsp3) is 0.462. The molecule has 72 valence electrons. The summed E-state index contributed by atoms with van der Waals surface area (Å²) in [4.78, 5) is 11.4. The average Bonchev–Trinajstić information content (AvgIpc) is 2.63. The first-order valence-electron chi connectivity index (χ1n) is 5.36. The minimum Gasteiger partial charge on any atom is -0.300 e. The number of carbonyl (C=O) groups is 1. The first-order valence-corrected chi connectivity index (χ1v) is 5.36. The fourth-order valence-corrected chi connectivity index (χ4v) is 3.12. The quantitative estimate of drug-likeness (QED) is 0.608. The van der Waals surface area contributed by atoms with Crippen LogP contribution in [0.5, 0.6) is 0 Å². The van der Waals surface area contributed by atoms with E-state index in [2.05, 4.69) is 25.1 Å². The van der Waals surface area contributed by atoms with Gasteiger partial charge in [0.15, 0.2) is 0 Å². The molecular weight excluding hydrogens is 172 g/mol. The second kappa shape index (κ2) is 2.69. The number of hydrogen-bond donors (Lipinski definition) is 0. The Morgan fingerprint density at radius 1 is 1.21 bits per heavy atom. The zero-order valence-electron chi connectivity index (χ0n) is 8.42. The molecule has 0 N–H and O–H groups in total. The average molecular weight is 186 g/mol. The van der Waals surface area contributed by atoms with Gasteiger partial charge >= 0.3 is 0 Å². The van der Waals surface area contributed by atoms with Gasteiger partial charge in [0.25, 0.3) is 0 Å². The van der Waals surface area contributed by atoms with Crippen LogP contribution in [-0.2, 0) is 11.2 Å². The Balaban J connectivity index is 2.09. The highest BCUT2D eigenvalue weighted by Gasteiger charge is 2.40. The van der Waals surface area contributed by atoms with Gasteiger partial charge in [0.1, 0.15) is 5.78 Å². The Bertz CT molecular complexity index is 406. The third-order valence-electron chi connectivity index (χ3n) is 3.82. The van der Waals surface area contributed by atoms with Crippen LogP contribution in [0.3, 0.4) is 0 Å². The van der Waals surface area contributed by atoms with Gasteiger partial charge in [-0.1, -0.05) is 18.2 Å². The first-order chi connectivity index (χ1) is 6.75. The lowest BCUT2D eigenvalue weighted by molar-refractivity contribution is -0.117. The van der Waals surface area contributed by atoms with E-state index >= 15 is 0 Å². The van der Waals surface area contributed by atoms with Crippen LogP contribution in [0, 0.1) is 12.8 Å². The van der Waals surface area contributed by atoms with Crippen LogP contribution in [0.4, 0.5) is 0 Å². The minimum atomic E-state index is 0.465. The summed E-state index contributed by atoms with van der Waals surface area (Å²) in [5.41, 5.74) is 4.39. The standard InChI is InChI=1S/C13H14O/c1-8-3-2-4-11-12(8)6-9-5-10(14)7-13(9)11/h2-4,9,13H,5-7H2,1H3. The lowest BCUT2D eigenvalue weighted by Gasteiger charge is -2.07. The molecule has 14 heavy (non-hydrogen) atoms. The third kappa shape index (κ3) is 0.985. The zero-order valence-corrected chi connectivity index (χ0v) is 8.42. The minimum absolute atomic E-state index is 0.465. The predicted octanol–water partition coefficient (Wildman–Crippen LogP) is 2.61. The zero-order chi connectivity index (χ0) is 9.71. The third-order valence-corrected chi connectivity index (χ3v) is 3.82. The van der Waals surface area contributed by atoms with Gasteiger partial charge in [-0.2, -0.15) is 0 Å². The van der Waals surface area contributed by atoms with E-state index in [0.717, 1.165) is 19.3 Å². The fourth-order valence-electron chi connectivity index (χ4n) is 3.12. The van der Waals surface area contributed by atoms with Crippen LogP contribution in [0.1, 0.15) is 35.4 Å². The molecule has 0 saturated heterocycles. The second-order valence-electron chi connectivity index (χ2n) is 4.66. The maximum atomic E-state index is 11.4. The molecule has 2 aliphatic rings. The molecule has 1 aromatic carbocycles. The van der Waals surface area contributed by atoms with Crippen molar-refractivity contribution in [3.05, 3.63) is 34.9 Å². The molecule has 2 aliphatic carbocycles. The summed E-state index contributed by atoms with van der Waals surface area (Å²) in [5, 5.41) is 0. The largest absolute Gasteiger partial charge is 0.300 e. The van der Waals surface area contributed by atoms with Crippen LogP contribution >= 0.6 is 0 Å². The molecule has 0 heterocycles. The summed E-state index contributed by atoms with van der Waals surface area (Å²) >= 11 is 0. The Labute approximate surface area is 84.1 Å². The van der Waals surface area contributed by atoms with Crippen molar-refractivity contribution >= 4 is 5.78 Å². The molecule has 2 atom stereocenters. The SMILES string of the molecule is Cc1cccc2c1CC1CC(=O)CC21. The summed E-state index contributed by atoms with van der Waals surface area (Å²) < 4.78 is 0. The number of Topliss-reactive ketones (excluding diaryl/α,β-unsaturated/α-hetero) is 1. The van der Waals surface area contributed by atoms with Crippen LogP contribution < -0.4 is 0 Å². The summed E-state index contributed by atoms with van der Waals surface area (Å²) in [5.74, 6) is 1.64. The Morgan fingerprint density at radius 3 is 2.93 bits per heavy atom. The van der Waals surface area contributed by atoms with Gasteiger partial charge < -0.3 is 0 Å². The van der Waals surface area contributed by atoms with Crippen molar-refractivity contribution < 1.29 is 4.79 Å². The molecule has 3 rings (SSSR count). The number of carbonyl (C=O) groups excluding carboxylic acids is 1. The molecule has 1 saturated carbocycles. The molecule has 1 nitrogen and oxygen atoms in total. The molecule has 0 radical (unpaired) electrons. The molecular formula is C13H14O. The van der Waals surface area contributed by atoms with E-state index in [-0.39, 0.29) is 0 Å². The molecule has 0 bridgehead atoms. The highest BCUT2D eigenvalue weighted by molar-refractivity contribution is 5.83. The Kier molecular flexibility index (Phi) is 1.58. The van der Waals surface area contributed by atoms with Gasteiger partial charge in [-0.3, -0.25) is 4.79 Å². The van der Waals surface area contributed by atoms with Gasteiger partial charge in [0, 0.05) is 12.8 Å². The first kappa shape index (κ1) is 8.22. The second-order valence-corrected chi connectivity index (χ2v) is 4.66. The molecule has 0 amide bonds. The van der Waals surface area contributed by atoms with Crippen molar-refractivity contribution in [2.75, 3.05) is 0 Å². The lowest BCUT2D eigenvalue weighted by Crippen LogP contribution is -1.97. The normalized spacial score (nSPS) is 29.1. The number of rotatable bonds is 0. The summed E-state index contributed by atoms with van der Waals surface area (Å²) in [6, 6.07) is 6.52. The van der Waals surface area contributed by atoms with Crippen molar-refractivity contribution in [1.82, 2.24) is 0 Å². The number of ketones is 1. The Hall–Kier alpha value is -1.11. The lowest BCUT2D eigenvalue weighted by atomic mass is 9.96. The topological polar surface area (TPSA) is 17.1 Å². The van der Waals surface area contributed by atoms with Gasteiger partial charge in [-0.25, -0.2) is 0 Å². The van der Waals surface area contributed by atoms with Gasteiger partial charge in [-0.15, -0.1) is 0 Å². The Morgan fingerprint density at radius 2 is 2.07 bits per heavy atom. The number of benzene rings is 1. The molecule has 2 unspecified atom stereocenters. The highest BCUT2D eigenvalue weighted by atomic mass is 16.1. The molecule has 0 spiro atoms. The monoisotopic (exact) mass is 186 g/mol. The van der Waals surface area contributed by atoms with E-state index in [0.29, 0.717) is 17.6 Å². The summed E-state index contributed by atoms with van der Waals surface area (Å²) in [7, 11) is 0.